The van der Waals surface area contributed by atoms with Crippen LogP contribution in [0.5, 0.6) is 0 Å². The van der Waals surface area contributed by atoms with Gasteiger partial charge in [0.2, 0.25) is 0 Å². The van der Waals surface area contributed by atoms with Crippen molar-refractivity contribution < 1.29 is 0 Å². The van der Waals surface area contributed by atoms with E-state index in [4.69, 9.17) is 5.73 Å². The Balaban J connectivity index is 2.13. The van der Waals surface area contributed by atoms with E-state index in [1.54, 1.807) is 6.33 Å². The molecule has 0 spiro atoms. The first kappa shape index (κ1) is 12.8. The van der Waals surface area contributed by atoms with Crippen molar-refractivity contribution in [3.8, 4) is 0 Å². The zero-order valence-corrected chi connectivity index (χ0v) is 11.1. The molecule has 0 aliphatic heterocycles. The van der Waals surface area contributed by atoms with Crippen molar-refractivity contribution in [2.75, 3.05) is 18.4 Å². The molecule has 3 N–H and O–H groups in total. The zero-order valence-electron chi connectivity index (χ0n) is 11.1. The van der Waals surface area contributed by atoms with Gasteiger partial charge >= 0.3 is 0 Å². The van der Waals surface area contributed by atoms with Crippen LogP contribution in [0.2, 0.25) is 0 Å². The molecule has 5 heteroatoms. The van der Waals surface area contributed by atoms with Crippen molar-refractivity contribution in [3.05, 3.63) is 24.0 Å². The second-order valence-electron chi connectivity index (χ2n) is 4.68. The van der Waals surface area contributed by atoms with Crippen LogP contribution in [0.3, 0.4) is 0 Å². The highest BCUT2D eigenvalue weighted by molar-refractivity contribution is 5.51. The van der Waals surface area contributed by atoms with Gasteiger partial charge in [-0.25, -0.2) is 4.98 Å². The summed E-state index contributed by atoms with van der Waals surface area (Å²) in [5.41, 5.74) is 7.68. The highest BCUT2D eigenvalue weighted by Gasteiger charge is 2.08. The SMILES string of the molecule is CCC(CCN)CNc1cc(C)cc2ncnn12. The Bertz CT molecular complexity index is 505. The fourth-order valence-electron chi connectivity index (χ4n) is 2.12. The third kappa shape index (κ3) is 2.79. The number of pyridine rings is 1. The van der Waals surface area contributed by atoms with Crippen LogP contribution in [0.25, 0.3) is 5.65 Å². The first-order valence-electron chi connectivity index (χ1n) is 6.49. The van der Waals surface area contributed by atoms with Crippen LogP contribution in [0.15, 0.2) is 18.5 Å². The monoisotopic (exact) mass is 247 g/mol. The molecule has 5 nitrogen and oxygen atoms in total. The Morgan fingerprint density at radius 2 is 2.28 bits per heavy atom. The number of nitrogens with zero attached hydrogens (tertiary/aromatic N) is 3. The lowest BCUT2D eigenvalue weighted by Gasteiger charge is -2.16. The third-order valence-corrected chi connectivity index (χ3v) is 3.25. The molecule has 0 saturated heterocycles. The van der Waals surface area contributed by atoms with E-state index in [0.717, 1.165) is 37.4 Å². The minimum Gasteiger partial charge on any atom is -0.370 e. The summed E-state index contributed by atoms with van der Waals surface area (Å²) in [6.07, 6.45) is 3.77. The summed E-state index contributed by atoms with van der Waals surface area (Å²) >= 11 is 0. The summed E-state index contributed by atoms with van der Waals surface area (Å²) in [6.45, 7) is 5.93. The van der Waals surface area contributed by atoms with E-state index in [1.807, 2.05) is 10.6 Å². The normalized spacial score (nSPS) is 12.8. The Hall–Kier alpha value is -1.62. The summed E-state index contributed by atoms with van der Waals surface area (Å²) < 4.78 is 1.84. The highest BCUT2D eigenvalue weighted by atomic mass is 15.3. The summed E-state index contributed by atoms with van der Waals surface area (Å²) in [5.74, 6) is 1.60. The maximum Gasteiger partial charge on any atom is 0.157 e. The van der Waals surface area contributed by atoms with E-state index in [2.05, 4.69) is 35.3 Å². The molecule has 0 aliphatic rings. The van der Waals surface area contributed by atoms with Gasteiger partial charge in [0.05, 0.1) is 0 Å². The Kier molecular flexibility index (Phi) is 4.15. The van der Waals surface area contributed by atoms with Crippen LogP contribution in [0.4, 0.5) is 5.82 Å². The van der Waals surface area contributed by atoms with Crippen LogP contribution in [-0.2, 0) is 0 Å². The van der Waals surface area contributed by atoms with Gasteiger partial charge in [-0.05, 0) is 43.5 Å². The van der Waals surface area contributed by atoms with Gasteiger partial charge in [0.25, 0.3) is 0 Å². The number of aromatic nitrogens is 3. The molecule has 1 atom stereocenters. The van der Waals surface area contributed by atoms with Crippen LogP contribution in [0.1, 0.15) is 25.3 Å². The molecule has 0 aromatic carbocycles. The van der Waals surface area contributed by atoms with Gasteiger partial charge < -0.3 is 11.1 Å². The molecule has 2 heterocycles. The molecule has 2 rings (SSSR count). The van der Waals surface area contributed by atoms with Crippen LogP contribution >= 0.6 is 0 Å². The smallest absolute Gasteiger partial charge is 0.157 e. The lowest BCUT2D eigenvalue weighted by atomic mass is 10.0. The molecule has 98 valence electrons. The minimum absolute atomic E-state index is 0.606. The van der Waals surface area contributed by atoms with Crippen molar-refractivity contribution in [3.63, 3.8) is 0 Å². The lowest BCUT2D eigenvalue weighted by Crippen LogP contribution is -2.18. The standard InChI is InChI=1S/C13H21N5/c1-3-11(4-5-14)8-15-12-6-10(2)7-13-16-9-17-18(12)13/h6-7,9,11,15H,3-5,8,14H2,1-2H3. The number of aryl methyl sites for hydroxylation is 1. The first-order valence-corrected chi connectivity index (χ1v) is 6.49. The number of nitrogens with one attached hydrogen (secondary N) is 1. The fraction of sp³-hybridized carbons (Fsp3) is 0.538. The van der Waals surface area contributed by atoms with Crippen LogP contribution in [0, 0.1) is 12.8 Å². The molecule has 0 fully saturated rings. The number of hydrogen-bond donors (Lipinski definition) is 2. The molecule has 0 amide bonds. The number of nitrogens with two attached hydrogens (primary N) is 1. The lowest BCUT2D eigenvalue weighted by molar-refractivity contribution is 0.500. The summed E-state index contributed by atoms with van der Waals surface area (Å²) in [7, 11) is 0. The van der Waals surface area contributed by atoms with Gasteiger partial charge in [-0.1, -0.05) is 13.3 Å². The summed E-state index contributed by atoms with van der Waals surface area (Å²) in [4.78, 5) is 4.22. The average molecular weight is 247 g/mol. The minimum atomic E-state index is 0.606. The fourth-order valence-corrected chi connectivity index (χ4v) is 2.12. The van der Waals surface area contributed by atoms with Gasteiger partial charge in [-0.15, -0.1) is 0 Å². The third-order valence-electron chi connectivity index (χ3n) is 3.25. The Morgan fingerprint density at radius 3 is 3.00 bits per heavy atom. The van der Waals surface area contributed by atoms with Crippen molar-refractivity contribution in [1.82, 2.24) is 14.6 Å². The van der Waals surface area contributed by atoms with E-state index in [0.29, 0.717) is 5.92 Å². The number of rotatable bonds is 6. The van der Waals surface area contributed by atoms with E-state index in [-0.39, 0.29) is 0 Å². The average Bonchev–Trinajstić information content (AvgIpc) is 2.82. The first-order chi connectivity index (χ1) is 8.74. The molecule has 0 radical (unpaired) electrons. The largest absolute Gasteiger partial charge is 0.370 e. The Labute approximate surface area is 107 Å². The zero-order chi connectivity index (χ0) is 13.0. The number of hydrogen-bond acceptors (Lipinski definition) is 4. The van der Waals surface area contributed by atoms with Gasteiger partial charge in [-0.2, -0.15) is 9.61 Å². The second kappa shape index (κ2) is 5.82. The predicted molar refractivity (Wildman–Crippen MR) is 73.7 cm³/mol. The molecule has 18 heavy (non-hydrogen) atoms. The quantitative estimate of drug-likeness (QED) is 0.817. The van der Waals surface area contributed by atoms with Crippen LogP contribution < -0.4 is 11.1 Å². The maximum absolute atomic E-state index is 5.62. The summed E-state index contributed by atoms with van der Waals surface area (Å²) in [6, 6.07) is 4.12. The van der Waals surface area contributed by atoms with E-state index >= 15 is 0 Å². The number of fused-ring (bicyclic) bond motifs is 1. The van der Waals surface area contributed by atoms with Gasteiger partial charge in [-0.3, -0.25) is 0 Å². The van der Waals surface area contributed by atoms with E-state index in [9.17, 15) is 0 Å². The topological polar surface area (TPSA) is 68.2 Å². The molecule has 0 saturated carbocycles. The number of anilines is 1. The van der Waals surface area contributed by atoms with Crippen molar-refractivity contribution >= 4 is 11.5 Å². The molecule has 2 aromatic rings. The van der Waals surface area contributed by atoms with Crippen molar-refractivity contribution in [2.24, 2.45) is 11.7 Å². The van der Waals surface area contributed by atoms with E-state index < -0.39 is 0 Å². The predicted octanol–water partition coefficient (Wildman–Crippen LogP) is 1.82. The van der Waals surface area contributed by atoms with Crippen molar-refractivity contribution in [2.45, 2.75) is 26.7 Å². The second-order valence-corrected chi connectivity index (χ2v) is 4.68. The summed E-state index contributed by atoms with van der Waals surface area (Å²) in [5, 5.41) is 7.68. The molecule has 1 unspecified atom stereocenters. The Morgan fingerprint density at radius 1 is 1.44 bits per heavy atom. The van der Waals surface area contributed by atoms with Crippen molar-refractivity contribution in [1.29, 1.82) is 0 Å². The molecular weight excluding hydrogens is 226 g/mol. The van der Waals surface area contributed by atoms with Gasteiger partial charge in [0.1, 0.15) is 12.1 Å². The molecular formula is C13H21N5. The van der Waals surface area contributed by atoms with Gasteiger partial charge in [0, 0.05) is 6.54 Å². The van der Waals surface area contributed by atoms with Gasteiger partial charge in [0.15, 0.2) is 5.65 Å². The molecule has 2 aromatic heterocycles. The molecule has 0 aliphatic carbocycles. The molecule has 0 bridgehead atoms. The van der Waals surface area contributed by atoms with E-state index in [1.165, 1.54) is 5.56 Å². The van der Waals surface area contributed by atoms with Crippen LogP contribution in [-0.4, -0.2) is 27.7 Å². The highest BCUT2D eigenvalue weighted by Crippen LogP contribution is 2.15. The maximum atomic E-state index is 5.62.